The molecule has 1 saturated heterocycles. The third kappa shape index (κ3) is 2.89. The molecule has 0 bridgehead atoms. The maximum absolute atomic E-state index is 10.4. The molecule has 3 aromatic rings. The number of nitrogens with zero attached hydrogens (tertiary/aromatic N) is 1. The van der Waals surface area contributed by atoms with E-state index in [1.54, 1.807) is 7.11 Å². The van der Waals surface area contributed by atoms with Crippen LogP contribution >= 0.6 is 0 Å². The van der Waals surface area contributed by atoms with Crippen molar-refractivity contribution in [3.8, 4) is 23.0 Å². The molecule has 2 heterocycles. The van der Waals surface area contributed by atoms with E-state index in [0.29, 0.717) is 11.8 Å². The first kappa shape index (κ1) is 17.4. The van der Waals surface area contributed by atoms with Gasteiger partial charge in [0.25, 0.3) is 0 Å². The lowest BCUT2D eigenvalue weighted by Gasteiger charge is -2.30. The molecule has 6 heteroatoms. The fourth-order valence-corrected chi connectivity index (χ4v) is 4.28. The highest BCUT2D eigenvalue weighted by atomic mass is 16.7. The van der Waals surface area contributed by atoms with Gasteiger partial charge in [-0.3, -0.25) is 4.90 Å². The molecule has 28 heavy (non-hydrogen) atoms. The smallest absolute Gasteiger partial charge is 0.231 e. The number of hydrogen-bond acceptors (Lipinski definition) is 6. The van der Waals surface area contributed by atoms with E-state index in [9.17, 15) is 5.11 Å². The van der Waals surface area contributed by atoms with Gasteiger partial charge in [0, 0.05) is 12.6 Å². The van der Waals surface area contributed by atoms with E-state index in [2.05, 4.69) is 11.0 Å². The van der Waals surface area contributed by atoms with Gasteiger partial charge >= 0.3 is 0 Å². The molecule has 6 nitrogen and oxygen atoms in total. The molecule has 0 aliphatic carbocycles. The van der Waals surface area contributed by atoms with Gasteiger partial charge in [-0.2, -0.15) is 0 Å². The van der Waals surface area contributed by atoms with Crippen LogP contribution in [0.5, 0.6) is 23.0 Å². The summed E-state index contributed by atoms with van der Waals surface area (Å²) < 4.78 is 16.5. The predicted octanol–water partition coefficient (Wildman–Crippen LogP) is 3.36. The number of likely N-dealkylation sites (tertiary alicyclic amines) is 1. The van der Waals surface area contributed by atoms with E-state index < -0.39 is 0 Å². The van der Waals surface area contributed by atoms with Gasteiger partial charge in [-0.05, 0) is 83.4 Å². The van der Waals surface area contributed by atoms with Crippen molar-refractivity contribution in [2.45, 2.75) is 25.4 Å². The van der Waals surface area contributed by atoms with E-state index in [0.717, 1.165) is 65.5 Å². The van der Waals surface area contributed by atoms with Crippen molar-refractivity contribution in [2.75, 3.05) is 27.0 Å². The summed E-state index contributed by atoms with van der Waals surface area (Å²) in [5.74, 6) is 2.13. The molecule has 3 aromatic carbocycles. The zero-order valence-corrected chi connectivity index (χ0v) is 15.9. The summed E-state index contributed by atoms with van der Waals surface area (Å²) in [7, 11) is 1.57. The standard InChI is InChI=1S/C22H24N2O4/c1-26-20-10-18-16(8-19(20)25)14(11-24-4-2-15(23)3-5-24)6-13-7-21-22(9-17(13)18)28-12-27-21/h6-10,15,25H,2-5,11-12,23H2,1H3. The van der Waals surface area contributed by atoms with Crippen LogP contribution in [0.15, 0.2) is 30.3 Å². The lowest BCUT2D eigenvalue weighted by Crippen LogP contribution is -2.39. The number of aromatic hydroxyl groups is 1. The molecule has 0 spiro atoms. The van der Waals surface area contributed by atoms with Crippen LogP contribution in [0.2, 0.25) is 0 Å². The Bertz CT molecular complexity index is 1060. The predicted molar refractivity (Wildman–Crippen MR) is 108 cm³/mol. The van der Waals surface area contributed by atoms with E-state index in [1.165, 1.54) is 5.56 Å². The Morgan fingerprint density at radius 1 is 1.04 bits per heavy atom. The second kappa shape index (κ2) is 6.72. The number of piperidine rings is 1. The molecular weight excluding hydrogens is 356 g/mol. The summed E-state index contributed by atoms with van der Waals surface area (Å²) in [6, 6.07) is 10.3. The van der Waals surface area contributed by atoms with Crippen molar-refractivity contribution >= 4 is 21.5 Å². The third-order valence-electron chi connectivity index (χ3n) is 5.86. The third-order valence-corrected chi connectivity index (χ3v) is 5.86. The Kier molecular flexibility index (Phi) is 4.18. The average molecular weight is 380 g/mol. The second-order valence-corrected chi connectivity index (χ2v) is 7.65. The van der Waals surface area contributed by atoms with Crippen LogP contribution < -0.4 is 19.9 Å². The molecule has 1 fully saturated rings. The molecule has 0 amide bonds. The SMILES string of the molecule is COc1cc2c(cc1O)c(CN1CCC(N)CC1)cc1cc3c(cc12)OCO3. The maximum atomic E-state index is 10.4. The fraction of sp³-hybridized carbons (Fsp3) is 0.364. The molecule has 2 aliphatic heterocycles. The van der Waals surface area contributed by atoms with Crippen LogP contribution in [-0.2, 0) is 6.54 Å². The maximum Gasteiger partial charge on any atom is 0.231 e. The minimum absolute atomic E-state index is 0.150. The van der Waals surface area contributed by atoms with Crippen molar-refractivity contribution < 1.29 is 19.3 Å². The number of fused-ring (bicyclic) bond motifs is 4. The van der Waals surface area contributed by atoms with Crippen LogP contribution in [0, 0.1) is 0 Å². The summed E-state index contributed by atoms with van der Waals surface area (Å²) in [6.07, 6.45) is 2.03. The summed E-state index contributed by atoms with van der Waals surface area (Å²) in [6.45, 7) is 3.04. The van der Waals surface area contributed by atoms with Crippen LogP contribution in [-0.4, -0.2) is 43.0 Å². The van der Waals surface area contributed by atoms with Crippen molar-refractivity contribution in [1.29, 1.82) is 0 Å². The monoisotopic (exact) mass is 380 g/mol. The molecular formula is C22H24N2O4. The first-order chi connectivity index (χ1) is 13.6. The van der Waals surface area contributed by atoms with Gasteiger partial charge < -0.3 is 25.1 Å². The Morgan fingerprint density at radius 3 is 2.54 bits per heavy atom. The van der Waals surface area contributed by atoms with Crippen LogP contribution in [0.4, 0.5) is 0 Å². The van der Waals surface area contributed by atoms with Crippen LogP contribution in [0.3, 0.4) is 0 Å². The number of benzene rings is 3. The average Bonchev–Trinajstić information content (AvgIpc) is 3.15. The summed E-state index contributed by atoms with van der Waals surface area (Å²) in [5, 5.41) is 14.6. The van der Waals surface area contributed by atoms with E-state index in [4.69, 9.17) is 19.9 Å². The Morgan fingerprint density at radius 2 is 1.79 bits per heavy atom. The van der Waals surface area contributed by atoms with Gasteiger partial charge in [0.15, 0.2) is 23.0 Å². The summed E-state index contributed by atoms with van der Waals surface area (Å²) in [4.78, 5) is 2.43. The second-order valence-electron chi connectivity index (χ2n) is 7.65. The molecule has 3 N–H and O–H groups in total. The van der Waals surface area contributed by atoms with Crippen molar-refractivity contribution in [2.24, 2.45) is 5.73 Å². The largest absolute Gasteiger partial charge is 0.504 e. The molecule has 2 aliphatic rings. The van der Waals surface area contributed by atoms with E-state index in [-0.39, 0.29) is 12.5 Å². The molecule has 0 saturated carbocycles. The van der Waals surface area contributed by atoms with Crippen LogP contribution in [0.1, 0.15) is 18.4 Å². The van der Waals surface area contributed by atoms with Crippen molar-refractivity contribution in [3.05, 3.63) is 35.9 Å². The number of hydrogen-bond donors (Lipinski definition) is 2. The van der Waals surface area contributed by atoms with E-state index >= 15 is 0 Å². The molecule has 0 aromatic heterocycles. The fourth-order valence-electron chi connectivity index (χ4n) is 4.28. The minimum Gasteiger partial charge on any atom is -0.504 e. The van der Waals surface area contributed by atoms with Gasteiger partial charge in [0.1, 0.15) is 0 Å². The van der Waals surface area contributed by atoms with Gasteiger partial charge in [-0.1, -0.05) is 0 Å². The Labute approximate surface area is 163 Å². The number of ether oxygens (including phenoxy) is 3. The zero-order valence-electron chi connectivity index (χ0n) is 15.9. The summed E-state index contributed by atoms with van der Waals surface area (Å²) in [5.41, 5.74) is 7.24. The number of phenolic OH excluding ortho intramolecular Hbond substituents is 1. The molecule has 5 rings (SSSR count). The quantitative estimate of drug-likeness (QED) is 0.679. The van der Waals surface area contributed by atoms with Gasteiger partial charge in [-0.25, -0.2) is 0 Å². The number of phenols is 1. The Balaban J connectivity index is 1.69. The molecule has 146 valence electrons. The van der Waals surface area contributed by atoms with Gasteiger partial charge in [0.05, 0.1) is 7.11 Å². The van der Waals surface area contributed by atoms with Gasteiger partial charge in [0.2, 0.25) is 6.79 Å². The summed E-state index contributed by atoms with van der Waals surface area (Å²) >= 11 is 0. The Hall–Kier alpha value is -2.70. The topological polar surface area (TPSA) is 77.2 Å². The normalized spacial score (nSPS) is 17.5. The number of methoxy groups -OCH3 is 1. The van der Waals surface area contributed by atoms with E-state index in [1.807, 2.05) is 24.3 Å². The highest BCUT2D eigenvalue weighted by Crippen LogP contribution is 2.42. The van der Waals surface area contributed by atoms with Crippen molar-refractivity contribution in [1.82, 2.24) is 4.90 Å². The van der Waals surface area contributed by atoms with Gasteiger partial charge in [-0.15, -0.1) is 0 Å². The number of rotatable bonds is 3. The minimum atomic E-state index is 0.150. The lowest BCUT2D eigenvalue weighted by atomic mass is 9.95. The molecule has 0 atom stereocenters. The van der Waals surface area contributed by atoms with Crippen molar-refractivity contribution in [3.63, 3.8) is 0 Å². The highest BCUT2D eigenvalue weighted by molar-refractivity contribution is 6.11. The molecule has 0 unspecified atom stereocenters. The van der Waals surface area contributed by atoms with Crippen LogP contribution in [0.25, 0.3) is 21.5 Å². The molecule has 0 radical (unpaired) electrons. The zero-order chi connectivity index (χ0) is 19.3. The first-order valence-corrected chi connectivity index (χ1v) is 9.66. The first-order valence-electron chi connectivity index (χ1n) is 9.66. The highest BCUT2D eigenvalue weighted by Gasteiger charge is 2.21. The lowest BCUT2D eigenvalue weighted by molar-refractivity contribution is 0.174. The number of nitrogens with two attached hydrogens (primary N) is 1.